The highest BCUT2D eigenvalue weighted by Crippen LogP contribution is 2.27. The highest BCUT2D eigenvalue weighted by molar-refractivity contribution is 6.05. The number of esters is 2. The minimum absolute atomic E-state index is 0.0404. The largest absolute Gasteiger partial charge is 0.478 e. The molecule has 9 nitrogen and oxygen atoms in total. The van der Waals surface area contributed by atoms with E-state index in [2.05, 4.69) is 9.97 Å². The maximum absolute atomic E-state index is 12.5. The molecule has 0 saturated carbocycles. The Morgan fingerprint density at radius 2 is 1.74 bits per heavy atom. The smallest absolute Gasteiger partial charge is 0.355 e. The van der Waals surface area contributed by atoms with Gasteiger partial charge in [-0.1, -0.05) is 18.2 Å². The van der Waals surface area contributed by atoms with E-state index in [9.17, 15) is 14.4 Å². The van der Waals surface area contributed by atoms with Gasteiger partial charge in [-0.2, -0.15) is 0 Å². The van der Waals surface area contributed by atoms with Crippen LogP contribution in [0.25, 0.3) is 11.0 Å². The van der Waals surface area contributed by atoms with Crippen molar-refractivity contribution in [3.8, 4) is 0 Å². The summed E-state index contributed by atoms with van der Waals surface area (Å²) in [5.74, 6) is -1.64. The zero-order valence-corrected chi connectivity index (χ0v) is 18.4. The number of carbonyl (C=O) groups is 3. The van der Waals surface area contributed by atoms with Gasteiger partial charge in [-0.15, -0.1) is 0 Å². The van der Waals surface area contributed by atoms with Crippen LogP contribution < -0.4 is 4.90 Å². The second-order valence-electron chi connectivity index (χ2n) is 7.38. The molecule has 2 heterocycles. The van der Waals surface area contributed by atoms with Gasteiger partial charge in [0.2, 0.25) is 0 Å². The van der Waals surface area contributed by atoms with Crippen molar-refractivity contribution in [1.82, 2.24) is 9.97 Å². The van der Waals surface area contributed by atoms with Crippen LogP contribution in [0.1, 0.15) is 21.7 Å². The number of hydrogen-bond donors (Lipinski definition) is 2. The molecule has 0 spiro atoms. The van der Waals surface area contributed by atoms with Gasteiger partial charge in [0.1, 0.15) is 11.5 Å². The van der Waals surface area contributed by atoms with Crippen molar-refractivity contribution in [1.29, 1.82) is 0 Å². The van der Waals surface area contributed by atoms with Gasteiger partial charge >= 0.3 is 17.9 Å². The third kappa shape index (κ3) is 4.44. The summed E-state index contributed by atoms with van der Waals surface area (Å²) >= 11 is 0. The second-order valence-corrected chi connectivity index (χ2v) is 7.38. The fraction of sp³-hybridized carbons (Fsp3) is 0.120. The Balaban J connectivity index is 1.62. The third-order valence-electron chi connectivity index (χ3n) is 5.25. The predicted octanol–water partition coefficient (Wildman–Crippen LogP) is 3.34. The van der Waals surface area contributed by atoms with Crippen LogP contribution in [0.5, 0.6) is 0 Å². The number of allylic oxidation sites excluding steroid dienone is 2. The van der Waals surface area contributed by atoms with Gasteiger partial charge in [-0.25, -0.2) is 19.4 Å². The van der Waals surface area contributed by atoms with Crippen molar-refractivity contribution in [3.63, 3.8) is 0 Å². The number of imidazole rings is 1. The van der Waals surface area contributed by atoms with Crippen LogP contribution in [-0.2, 0) is 25.5 Å². The van der Waals surface area contributed by atoms with E-state index >= 15 is 0 Å². The van der Waals surface area contributed by atoms with E-state index in [4.69, 9.17) is 14.6 Å². The summed E-state index contributed by atoms with van der Waals surface area (Å²) in [4.78, 5) is 45.2. The van der Waals surface area contributed by atoms with Crippen LogP contribution >= 0.6 is 0 Å². The van der Waals surface area contributed by atoms with Gasteiger partial charge in [0.25, 0.3) is 0 Å². The first kappa shape index (κ1) is 22.5. The first-order valence-corrected chi connectivity index (χ1v) is 10.3. The molecule has 0 unspecified atom stereocenters. The number of H-pyrrole nitrogens is 1. The van der Waals surface area contributed by atoms with E-state index in [-0.39, 0.29) is 16.8 Å². The Labute approximate surface area is 194 Å². The molecule has 0 bridgehead atoms. The molecule has 0 atom stereocenters. The van der Waals surface area contributed by atoms with E-state index in [0.717, 1.165) is 5.56 Å². The fourth-order valence-corrected chi connectivity index (χ4v) is 3.61. The highest BCUT2D eigenvalue weighted by atomic mass is 16.5. The minimum Gasteiger partial charge on any atom is -0.478 e. The molecule has 9 heteroatoms. The summed E-state index contributed by atoms with van der Waals surface area (Å²) < 4.78 is 9.75. The molecule has 34 heavy (non-hydrogen) atoms. The maximum Gasteiger partial charge on any atom is 0.355 e. The fourth-order valence-electron chi connectivity index (χ4n) is 3.61. The number of aromatic carboxylic acids is 1. The molecule has 4 rings (SSSR count). The van der Waals surface area contributed by atoms with E-state index < -0.39 is 17.9 Å². The number of carboxylic acids is 1. The average molecular weight is 459 g/mol. The normalized spacial score (nSPS) is 13.2. The van der Waals surface area contributed by atoms with Crippen LogP contribution in [0.2, 0.25) is 0 Å². The van der Waals surface area contributed by atoms with Gasteiger partial charge in [0.05, 0.1) is 36.4 Å². The summed E-state index contributed by atoms with van der Waals surface area (Å²) in [6, 6.07) is 12.1. The molecule has 2 aromatic carbocycles. The lowest BCUT2D eigenvalue weighted by Crippen LogP contribution is -2.26. The van der Waals surface area contributed by atoms with E-state index in [1.54, 1.807) is 35.4 Å². The number of methoxy groups -OCH3 is 2. The lowest BCUT2D eigenvalue weighted by molar-refractivity contribution is -0.139. The quantitative estimate of drug-likeness (QED) is 0.538. The Morgan fingerprint density at radius 1 is 1.00 bits per heavy atom. The average Bonchev–Trinajstić information content (AvgIpc) is 3.11. The first-order valence-electron chi connectivity index (χ1n) is 10.3. The summed E-state index contributed by atoms with van der Waals surface area (Å²) in [7, 11) is 2.49. The lowest BCUT2D eigenvalue weighted by atomic mass is 10.1. The van der Waals surface area contributed by atoms with Crippen LogP contribution in [-0.4, -0.2) is 47.2 Å². The van der Waals surface area contributed by atoms with Crippen molar-refractivity contribution in [2.75, 3.05) is 19.1 Å². The number of aromatic nitrogens is 2. The molecule has 0 saturated heterocycles. The molecule has 0 radical (unpaired) electrons. The monoisotopic (exact) mass is 459 g/mol. The van der Waals surface area contributed by atoms with Crippen molar-refractivity contribution >= 4 is 34.6 Å². The maximum atomic E-state index is 12.5. The molecule has 0 fully saturated rings. The minimum atomic E-state index is -0.998. The third-order valence-corrected chi connectivity index (χ3v) is 5.25. The van der Waals surface area contributed by atoms with Crippen molar-refractivity contribution in [2.24, 2.45) is 0 Å². The number of anilines is 1. The van der Waals surface area contributed by atoms with Crippen LogP contribution in [0.3, 0.4) is 0 Å². The summed E-state index contributed by atoms with van der Waals surface area (Å²) in [5.41, 5.74) is 3.22. The number of nitrogens with zero attached hydrogens (tertiary/aromatic N) is 2. The van der Waals surface area contributed by atoms with Gasteiger partial charge in [0, 0.05) is 18.3 Å². The molecule has 172 valence electrons. The molecule has 0 amide bonds. The summed E-state index contributed by atoms with van der Waals surface area (Å²) in [5, 5.41) is 9.16. The lowest BCUT2D eigenvalue weighted by Gasteiger charge is -2.23. The summed E-state index contributed by atoms with van der Waals surface area (Å²) in [6.45, 7) is 0. The number of carboxylic acid groups (broad SMARTS) is 1. The van der Waals surface area contributed by atoms with Crippen LogP contribution in [0, 0.1) is 0 Å². The highest BCUT2D eigenvalue weighted by Gasteiger charge is 2.27. The van der Waals surface area contributed by atoms with Crippen molar-refractivity contribution < 1.29 is 29.0 Å². The number of fused-ring (bicyclic) bond motifs is 1. The zero-order valence-electron chi connectivity index (χ0n) is 18.4. The Bertz CT molecular complexity index is 1370. The van der Waals surface area contributed by atoms with Crippen molar-refractivity contribution in [2.45, 2.75) is 6.42 Å². The van der Waals surface area contributed by atoms with Crippen LogP contribution in [0.4, 0.5) is 5.69 Å². The van der Waals surface area contributed by atoms with Gasteiger partial charge in [-0.05, 0) is 48.0 Å². The zero-order chi connectivity index (χ0) is 24.2. The van der Waals surface area contributed by atoms with Gasteiger partial charge in [0.15, 0.2) is 0 Å². The number of carbonyl (C=O) groups excluding carboxylic acids is 2. The molecule has 0 aliphatic carbocycles. The Hall–Kier alpha value is -4.66. The number of hydrogen-bond acceptors (Lipinski definition) is 7. The number of aromatic amines is 1. The molecule has 1 aromatic heterocycles. The SMILES string of the molecule is COC(=O)C1=C(C(=O)OC)N(c2ccc(Cc3nc4ccc(C(=O)O)cc4[nH]3)cc2)C=CC=C1. The molecule has 1 aliphatic rings. The Morgan fingerprint density at radius 3 is 2.41 bits per heavy atom. The first-order chi connectivity index (χ1) is 16.4. The molecular formula is C25H21N3O6. The van der Waals surface area contributed by atoms with E-state index in [1.165, 1.54) is 26.4 Å². The molecule has 3 aromatic rings. The van der Waals surface area contributed by atoms with E-state index in [1.807, 2.05) is 24.3 Å². The summed E-state index contributed by atoms with van der Waals surface area (Å²) in [6.07, 6.45) is 6.99. The molecule has 1 aliphatic heterocycles. The van der Waals surface area contributed by atoms with E-state index in [0.29, 0.717) is 29.0 Å². The Kier molecular flexibility index (Phi) is 6.26. The predicted molar refractivity (Wildman–Crippen MR) is 124 cm³/mol. The van der Waals surface area contributed by atoms with Gasteiger partial charge in [-0.3, -0.25) is 0 Å². The topological polar surface area (TPSA) is 122 Å². The second kappa shape index (κ2) is 9.45. The number of benzene rings is 2. The van der Waals surface area contributed by atoms with Crippen molar-refractivity contribution in [3.05, 3.63) is 95.1 Å². The number of nitrogens with one attached hydrogen (secondary N) is 1. The van der Waals surface area contributed by atoms with Gasteiger partial charge < -0.3 is 24.5 Å². The molecular weight excluding hydrogens is 438 g/mol. The molecule has 2 N–H and O–H groups in total. The van der Waals surface area contributed by atoms with Crippen LogP contribution in [0.15, 0.2) is 78.2 Å². The number of ether oxygens (including phenoxy) is 2. The standard InChI is InChI=1S/C25H21N3O6/c1-33-24(31)18-5-3-4-12-28(22(18)25(32)34-2)17-9-6-15(7-10-17)13-21-26-19-11-8-16(23(29)30)14-20(19)27-21/h3-12,14H,13H2,1-2H3,(H,26,27)(H,29,30). The number of rotatable bonds is 6.